The molecule has 2 saturated carbocycles. The van der Waals surface area contributed by atoms with Crippen molar-refractivity contribution in [2.24, 2.45) is 34.3 Å². The topological polar surface area (TPSA) is 151 Å². The van der Waals surface area contributed by atoms with E-state index in [9.17, 15) is 24.3 Å². The van der Waals surface area contributed by atoms with Crippen LogP contribution >= 0.6 is 0 Å². The standard InChI is InChI=1S/C26H44N4O6/c1-24(2,3)19(29-23(35)36-25(4,5)6)22(34)30-12-14-16(26(14,7)8)17(30)21(33)28-15(11-13-9-10-13)18(31)20(27)32/h13-19,31H,9-12H2,1-8H3,(H2,27,32)(H,28,33)(H,29,35)/t14-,15?,16-,17-,18?,19+/m0/s1. The number of carbonyl (C=O) groups is 4. The number of hydrogen-bond donors (Lipinski definition) is 4. The molecular weight excluding hydrogens is 464 g/mol. The van der Waals surface area contributed by atoms with Gasteiger partial charge in [-0.2, -0.15) is 0 Å². The Morgan fingerprint density at radius 3 is 2.14 bits per heavy atom. The van der Waals surface area contributed by atoms with Gasteiger partial charge in [0.1, 0.15) is 17.7 Å². The third-order valence-corrected chi connectivity index (χ3v) is 7.82. The molecule has 204 valence electrons. The van der Waals surface area contributed by atoms with Gasteiger partial charge in [0.05, 0.1) is 6.04 Å². The van der Waals surface area contributed by atoms with Gasteiger partial charge in [-0.15, -0.1) is 0 Å². The van der Waals surface area contributed by atoms with Crippen LogP contribution in [0.25, 0.3) is 0 Å². The molecule has 3 rings (SSSR count). The molecule has 4 amide bonds. The van der Waals surface area contributed by atoms with Gasteiger partial charge in [0.2, 0.25) is 17.7 Å². The number of aliphatic hydroxyl groups is 1. The number of nitrogens with zero attached hydrogens (tertiary/aromatic N) is 1. The second-order valence-electron chi connectivity index (χ2n) is 13.5. The van der Waals surface area contributed by atoms with Gasteiger partial charge < -0.3 is 31.1 Å². The average Bonchev–Trinajstić information content (AvgIpc) is 3.55. The van der Waals surface area contributed by atoms with Crippen molar-refractivity contribution in [2.45, 2.75) is 104 Å². The summed E-state index contributed by atoms with van der Waals surface area (Å²) < 4.78 is 5.39. The van der Waals surface area contributed by atoms with Crippen LogP contribution in [0.5, 0.6) is 0 Å². The Morgan fingerprint density at radius 2 is 1.67 bits per heavy atom. The second kappa shape index (κ2) is 9.50. The molecule has 2 unspecified atom stereocenters. The van der Waals surface area contributed by atoms with E-state index in [2.05, 4.69) is 24.5 Å². The van der Waals surface area contributed by atoms with Crippen molar-refractivity contribution in [3.05, 3.63) is 0 Å². The summed E-state index contributed by atoms with van der Waals surface area (Å²) in [4.78, 5) is 53.3. The summed E-state index contributed by atoms with van der Waals surface area (Å²) in [6.07, 6.45) is 0.217. The van der Waals surface area contributed by atoms with Crippen LogP contribution in [0.15, 0.2) is 0 Å². The van der Waals surface area contributed by atoms with Gasteiger partial charge in [0, 0.05) is 6.54 Å². The molecule has 36 heavy (non-hydrogen) atoms. The number of nitrogens with two attached hydrogens (primary N) is 1. The monoisotopic (exact) mass is 508 g/mol. The molecule has 5 N–H and O–H groups in total. The highest BCUT2D eigenvalue weighted by atomic mass is 16.6. The van der Waals surface area contributed by atoms with Crippen molar-refractivity contribution in [1.29, 1.82) is 0 Å². The van der Waals surface area contributed by atoms with Crippen molar-refractivity contribution in [1.82, 2.24) is 15.5 Å². The van der Waals surface area contributed by atoms with Gasteiger partial charge in [-0.05, 0) is 55.8 Å². The number of alkyl carbamates (subject to hydrolysis) is 1. The van der Waals surface area contributed by atoms with E-state index in [1.165, 1.54) is 0 Å². The first-order valence-electron chi connectivity index (χ1n) is 12.9. The lowest BCUT2D eigenvalue weighted by Gasteiger charge is -2.38. The summed E-state index contributed by atoms with van der Waals surface area (Å²) in [6.45, 7) is 15.3. The van der Waals surface area contributed by atoms with E-state index in [1.54, 1.807) is 25.7 Å². The number of aliphatic hydroxyl groups excluding tert-OH is 1. The molecule has 1 saturated heterocycles. The number of likely N-dealkylation sites (tertiary alicyclic amines) is 1. The van der Waals surface area contributed by atoms with Crippen molar-refractivity contribution in [3.63, 3.8) is 0 Å². The maximum absolute atomic E-state index is 13.9. The van der Waals surface area contributed by atoms with E-state index >= 15 is 0 Å². The van der Waals surface area contributed by atoms with E-state index in [0.29, 0.717) is 18.9 Å². The molecule has 10 heteroatoms. The fourth-order valence-corrected chi connectivity index (χ4v) is 5.50. The van der Waals surface area contributed by atoms with Crippen LogP contribution in [0, 0.1) is 28.6 Å². The highest BCUT2D eigenvalue weighted by Crippen LogP contribution is 2.65. The highest BCUT2D eigenvalue weighted by molar-refractivity contribution is 5.94. The van der Waals surface area contributed by atoms with Crippen LogP contribution in [-0.4, -0.2) is 70.2 Å². The Kier molecular flexibility index (Phi) is 7.45. The molecule has 0 spiro atoms. The van der Waals surface area contributed by atoms with Crippen LogP contribution in [0.1, 0.15) is 74.7 Å². The van der Waals surface area contributed by atoms with Gasteiger partial charge in [-0.3, -0.25) is 14.4 Å². The SMILES string of the molecule is CC(C)(C)OC(=O)N[C@H](C(=O)N1C[C@H]2[C@@H]([C@H]1C(=O)NC(CC1CC1)C(O)C(N)=O)C2(C)C)C(C)(C)C. The molecule has 0 aromatic carbocycles. The van der Waals surface area contributed by atoms with Crippen molar-refractivity contribution in [2.75, 3.05) is 6.54 Å². The van der Waals surface area contributed by atoms with Gasteiger partial charge in [-0.25, -0.2) is 4.79 Å². The smallest absolute Gasteiger partial charge is 0.408 e. The molecule has 0 radical (unpaired) electrons. The third-order valence-electron chi connectivity index (χ3n) is 7.82. The van der Waals surface area contributed by atoms with E-state index in [0.717, 1.165) is 12.8 Å². The minimum Gasteiger partial charge on any atom is -0.444 e. The lowest BCUT2D eigenvalue weighted by atomic mass is 9.85. The molecule has 2 aliphatic carbocycles. The summed E-state index contributed by atoms with van der Waals surface area (Å²) in [7, 11) is 0. The van der Waals surface area contributed by atoms with Crippen LogP contribution in [0.2, 0.25) is 0 Å². The number of ether oxygens (including phenoxy) is 1. The normalized spacial score (nSPS) is 27.4. The minimum absolute atomic E-state index is 0.0594. The first-order chi connectivity index (χ1) is 16.3. The van der Waals surface area contributed by atoms with Crippen LogP contribution in [0.3, 0.4) is 0 Å². The van der Waals surface area contributed by atoms with Crippen LogP contribution in [-0.2, 0) is 19.1 Å². The van der Waals surface area contributed by atoms with Crippen molar-refractivity contribution < 1.29 is 29.0 Å². The Bertz CT molecular complexity index is 901. The molecule has 0 bridgehead atoms. The number of nitrogens with one attached hydrogen (secondary N) is 2. The minimum atomic E-state index is -1.50. The number of rotatable bonds is 8. The molecule has 3 fully saturated rings. The quantitative estimate of drug-likeness (QED) is 0.390. The second-order valence-corrected chi connectivity index (χ2v) is 13.5. The summed E-state index contributed by atoms with van der Waals surface area (Å²) in [5, 5.41) is 15.9. The van der Waals surface area contributed by atoms with E-state index in [4.69, 9.17) is 10.5 Å². The summed E-state index contributed by atoms with van der Waals surface area (Å²) in [5.41, 5.74) is 3.84. The summed E-state index contributed by atoms with van der Waals surface area (Å²) >= 11 is 0. The number of hydrogen-bond acceptors (Lipinski definition) is 6. The highest BCUT2D eigenvalue weighted by Gasteiger charge is 2.70. The number of fused-ring (bicyclic) bond motifs is 1. The van der Waals surface area contributed by atoms with E-state index in [1.807, 2.05) is 20.8 Å². The van der Waals surface area contributed by atoms with Gasteiger partial charge in [0.25, 0.3) is 0 Å². The van der Waals surface area contributed by atoms with Gasteiger partial charge in [-0.1, -0.05) is 47.5 Å². The predicted octanol–water partition coefficient (Wildman–Crippen LogP) is 1.54. The Labute approximate surface area is 214 Å². The summed E-state index contributed by atoms with van der Waals surface area (Å²) in [6, 6.07) is -2.50. The number of piperidine rings is 1. The fraction of sp³-hybridized carbons (Fsp3) is 0.846. The molecule has 1 heterocycles. The number of carbonyl (C=O) groups excluding carboxylic acids is 4. The Hall–Kier alpha value is -2.36. The maximum Gasteiger partial charge on any atom is 0.408 e. The first-order valence-corrected chi connectivity index (χ1v) is 12.9. The third kappa shape index (κ3) is 6.12. The zero-order chi connectivity index (χ0) is 27.4. The maximum atomic E-state index is 13.9. The van der Waals surface area contributed by atoms with Crippen molar-refractivity contribution >= 4 is 23.8 Å². The lowest BCUT2D eigenvalue weighted by Crippen LogP contribution is -2.61. The van der Waals surface area contributed by atoms with Gasteiger partial charge in [0.15, 0.2) is 6.10 Å². The van der Waals surface area contributed by atoms with Crippen LogP contribution in [0.4, 0.5) is 4.79 Å². The zero-order valence-corrected chi connectivity index (χ0v) is 22.9. The lowest BCUT2D eigenvalue weighted by molar-refractivity contribution is -0.145. The fourth-order valence-electron chi connectivity index (χ4n) is 5.50. The number of amides is 4. The molecule has 10 nitrogen and oxygen atoms in total. The predicted molar refractivity (Wildman–Crippen MR) is 133 cm³/mol. The Morgan fingerprint density at radius 1 is 1.08 bits per heavy atom. The summed E-state index contributed by atoms with van der Waals surface area (Å²) in [5.74, 6) is -1.24. The van der Waals surface area contributed by atoms with Crippen molar-refractivity contribution in [3.8, 4) is 0 Å². The molecule has 0 aromatic heterocycles. The molecule has 3 aliphatic rings. The largest absolute Gasteiger partial charge is 0.444 e. The molecule has 1 aliphatic heterocycles. The Balaban J connectivity index is 1.82. The zero-order valence-electron chi connectivity index (χ0n) is 22.9. The average molecular weight is 509 g/mol. The van der Waals surface area contributed by atoms with E-state index < -0.39 is 53.2 Å². The van der Waals surface area contributed by atoms with Gasteiger partial charge >= 0.3 is 6.09 Å². The number of primary amides is 1. The first kappa shape index (κ1) is 28.2. The van der Waals surface area contributed by atoms with Crippen LogP contribution < -0.4 is 16.4 Å². The molecule has 0 aromatic rings. The van der Waals surface area contributed by atoms with E-state index in [-0.39, 0.29) is 23.2 Å². The molecular formula is C26H44N4O6. The molecule has 6 atom stereocenters.